The summed E-state index contributed by atoms with van der Waals surface area (Å²) in [6.45, 7) is 0. The van der Waals surface area contributed by atoms with Gasteiger partial charge in [0.25, 0.3) is 5.91 Å². The number of nitrogens with zero attached hydrogens (tertiary/aromatic N) is 3. The third-order valence-electron chi connectivity index (χ3n) is 3.53. The second-order valence-corrected chi connectivity index (χ2v) is 5.48. The summed E-state index contributed by atoms with van der Waals surface area (Å²) in [4.78, 5) is 31.7. The van der Waals surface area contributed by atoms with Crippen LogP contribution in [0.2, 0.25) is 0 Å². The van der Waals surface area contributed by atoms with Crippen molar-refractivity contribution >= 4 is 11.8 Å². The maximum absolute atomic E-state index is 11.8. The monoisotopic (exact) mass is 351 g/mol. The predicted molar refractivity (Wildman–Crippen MR) is 92.5 cm³/mol. The van der Waals surface area contributed by atoms with Crippen molar-refractivity contribution < 1.29 is 14.1 Å². The van der Waals surface area contributed by atoms with Gasteiger partial charge in [0.15, 0.2) is 0 Å². The van der Waals surface area contributed by atoms with Gasteiger partial charge >= 0.3 is 0 Å². The lowest BCUT2D eigenvalue weighted by Crippen LogP contribution is -2.41. The molecule has 0 saturated carbocycles. The number of pyridine rings is 1. The average molecular weight is 351 g/mol. The van der Waals surface area contributed by atoms with Crippen molar-refractivity contribution in [1.29, 1.82) is 0 Å². The van der Waals surface area contributed by atoms with Gasteiger partial charge in [-0.05, 0) is 18.6 Å². The Morgan fingerprint density at radius 3 is 2.65 bits per heavy atom. The van der Waals surface area contributed by atoms with Gasteiger partial charge < -0.3 is 4.52 Å². The van der Waals surface area contributed by atoms with Crippen LogP contribution in [0.4, 0.5) is 0 Å². The summed E-state index contributed by atoms with van der Waals surface area (Å²) in [6, 6.07) is 12.8. The maximum atomic E-state index is 11.8. The Balaban J connectivity index is 1.40. The number of hydrogen-bond acceptors (Lipinski definition) is 6. The molecule has 0 fully saturated rings. The molecule has 0 aliphatic carbocycles. The van der Waals surface area contributed by atoms with E-state index >= 15 is 0 Å². The molecule has 132 valence electrons. The van der Waals surface area contributed by atoms with Crippen LogP contribution in [-0.4, -0.2) is 26.9 Å². The molecule has 3 rings (SSSR count). The molecule has 0 aliphatic heterocycles. The zero-order valence-corrected chi connectivity index (χ0v) is 13.9. The SMILES string of the molecule is O=C(CCCc1nc(-c2ccccc2)no1)NNC(=O)c1cccnc1. The number of aromatic nitrogens is 3. The van der Waals surface area contributed by atoms with E-state index in [1.54, 1.807) is 18.3 Å². The van der Waals surface area contributed by atoms with Crippen molar-refractivity contribution in [3.63, 3.8) is 0 Å². The van der Waals surface area contributed by atoms with Crippen LogP contribution in [-0.2, 0) is 11.2 Å². The second-order valence-electron chi connectivity index (χ2n) is 5.48. The molecule has 1 aromatic carbocycles. The van der Waals surface area contributed by atoms with Gasteiger partial charge in [-0.15, -0.1) is 0 Å². The minimum absolute atomic E-state index is 0.219. The lowest BCUT2D eigenvalue weighted by molar-refractivity contribution is -0.121. The van der Waals surface area contributed by atoms with Crippen LogP contribution in [0.1, 0.15) is 29.1 Å². The Morgan fingerprint density at radius 2 is 1.88 bits per heavy atom. The number of carbonyl (C=O) groups is 2. The molecule has 2 amide bonds. The number of nitrogens with one attached hydrogen (secondary N) is 2. The summed E-state index contributed by atoms with van der Waals surface area (Å²) >= 11 is 0. The van der Waals surface area contributed by atoms with Crippen molar-refractivity contribution in [3.8, 4) is 11.4 Å². The predicted octanol–water partition coefficient (Wildman–Crippen LogP) is 1.92. The van der Waals surface area contributed by atoms with Gasteiger partial charge in [-0.25, -0.2) is 0 Å². The minimum atomic E-state index is -0.421. The molecule has 0 bridgehead atoms. The molecule has 2 N–H and O–H groups in total. The van der Waals surface area contributed by atoms with Crippen LogP contribution in [0, 0.1) is 0 Å². The summed E-state index contributed by atoms with van der Waals surface area (Å²) in [5.41, 5.74) is 5.95. The van der Waals surface area contributed by atoms with Gasteiger partial charge in [-0.1, -0.05) is 35.5 Å². The van der Waals surface area contributed by atoms with E-state index in [4.69, 9.17) is 4.52 Å². The molecular formula is C18H17N5O3. The zero-order valence-electron chi connectivity index (χ0n) is 13.9. The lowest BCUT2D eigenvalue weighted by Gasteiger charge is -2.06. The van der Waals surface area contributed by atoms with Crippen LogP contribution < -0.4 is 10.9 Å². The molecule has 8 nitrogen and oxygen atoms in total. The van der Waals surface area contributed by atoms with E-state index in [1.807, 2.05) is 30.3 Å². The van der Waals surface area contributed by atoms with Crippen LogP contribution in [0.25, 0.3) is 11.4 Å². The first-order valence-corrected chi connectivity index (χ1v) is 8.09. The number of hydrogen-bond donors (Lipinski definition) is 2. The van der Waals surface area contributed by atoms with E-state index in [0.717, 1.165) is 5.56 Å². The van der Waals surface area contributed by atoms with Crippen molar-refractivity contribution in [2.75, 3.05) is 0 Å². The van der Waals surface area contributed by atoms with Gasteiger partial charge in [0.05, 0.1) is 5.56 Å². The number of benzene rings is 1. The molecule has 0 unspecified atom stereocenters. The van der Waals surface area contributed by atoms with Gasteiger partial charge in [0.1, 0.15) is 0 Å². The van der Waals surface area contributed by atoms with Crippen LogP contribution in [0.5, 0.6) is 0 Å². The Bertz CT molecular complexity index is 865. The molecule has 3 aromatic rings. The quantitative estimate of drug-likeness (QED) is 0.657. The van der Waals surface area contributed by atoms with E-state index in [1.165, 1.54) is 6.20 Å². The number of aryl methyl sites for hydroxylation is 1. The molecular weight excluding hydrogens is 334 g/mol. The highest BCUT2D eigenvalue weighted by Crippen LogP contribution is 2.15. The first-order chi connectivity index (χ1) is 12.7. The summed E-state index contributed by atoms with van der Waals surface area (Å²) in [6.07, 6.45) is 4.20. The minimum Gasteiger partial charge on any atom is -0.339 e. The maximum Gasteiger partial charge on any atom is 0.271 e. The molecule has 2 heterocycles. The molecule has 0 aliphatic rings. The fraction of sp³-hybridized carbons (Fsp3) is 0.167. The molecule has 0 atom stereocenters. The number of amides is 2. The van der Waals surface area contributed by atoms with Gasteiger partial charge in [0.2, 0.25) is 17.6 Å². The summed E-state index contributed by atoms with van der Waals surface area (Å²) < 4.78 is 5.19. The smallest absolute Gasteiger partial charge is 0.271 e. The number of carbonyl (C=O) groups excluding carboxylic acids is 2. The van der Waals surface area contributed by atoms with Crippen molar-refractivity contribution in [3.05, 3.63) is 66.3 Å². The van der Waals surface area contributed by atoms with E-state index in [0.29, 0.717) is 30.1 Å². The molecule has 8 heteroatoms. The second kappa shape index (κ2) is 8.52. The van der Waals surface area contributed by atoms with Gasteiger partial charge in [0, 0.05) is 30.8 Å². The Labute approximate surface area is 149 Å². The van der Waals surface area contributed by atoms with Gasteiger partial charge in [-0.3, -0.25) is 25.4 Å². The van der Waals surface area contributed by atoms with E-state index in [-0.39, 0.29) is 12.3 Å². The van der Waals surface area contributed by atoms with E-state index < -0.39 is 5.91 Å². The Kier molecular flexibility index (Phi) is 5.66. The van der Waals surface area contributed by atoms with Crippen LogP contribution >= 0.6 is 0 Å². The summed E-state index contributed by atoms with van der Waals surface area (Å²) in [5, 5.41) is 3.93. The highest BCUT2D eigenvalue weighted by Gasteiger charge is 2.10. The van der Waals surface area contributed by atoms with Gasteiger partial charge in [-0.2, -0.15) is 4.98 Å². The lowest BCUT2D eigenvalue weighted by atomic mass is 10.2. The first kappa shape index (κ1) is 17.3. The summed E-state index contributed by atoms with van der Waals surface area (Å²) in [5.74, 6) is 0.269. The largest absolute Gasteiger partial charge is 0.339 e. The first-order valence-electron chi connectivity index (χ1n) is 8.09. The summed E-state index contributed by atoms with van der Waals surface area (Å²) in [7, 11) is 0. The molecule has 26 heavy (non-hydrogen) atoms. The Morgan fingerprint density at radius 1 is 1.04 bits per heavy atom. The molecule has 0 spiro atoms. The van der Waals surface area contributed by atoms with Crippen LogP contribution in [0.15, 0.2) is 59.4 Å². The fourth-order valence-corrected chi connectivity index (χ4v) is 2.22. The van der Waals surface area contributed by atoms with Crippen LogP contribution in [0.3, 0.4) is 0 Å². The highest BCUT2D eigenvalue weighted by molar-refractivity contribution is 5.94. The molecule has 2 aromatic heterocycles. The number of hydrazine groups is 1. The van der Waals surface area contributed by atoms with E-state index in [9.17, 15) is 9.59 Å². The van der Waals surface area contributed by atoms with Crippen molar-refractivity contribution in [2.24, 2.45) is 0 Å². The van der Waals surface area contributed by atoms with Crippen molar-refractivity contribution in [2.45, 2.75) is 19.3 Å². The van der Waals surface area contributed by atoms with E-state index in [2.05, 4.69) is 26.0 Å². The molecule has 0 saturated heterocycles. The third kappa shape index (κ3) is 4.73. The fourth-order valence-electron chi connectivity index (χ4n) is 2.22. The topological polar surface area (TPSA) is 110 Å². The molecule has 0 radical (unpaired) electrons. The standard InChI is InChI=1S/C18H17N5O3/c24-15(21-22-18(25)14-8-5-11-19-12-14)9-4-10-16-20-17(23-26-16)13-6-2-1-3-7-13/h1-3,5-8,11-12H,4,9-10H2,(H,21,24)(H,22,25). The normalized spacial score (nSPS) is 10.3. The van der Waals surface area contributed by atoms with Crippen molar-refractivity contribution in [1.82, 2.24) is 26.0 Å². The zero-order chi connectivity index (χ0) is 18.2. The third-order valence-corrected chi connectivity index (χ3v) is 3.53. The number of rotatable bonds is 6. The average Bonchev–Trinajstić information content (AvgIpc) is 3.16. The Hall–Kier alpha value is -3.55. The highest BCUT2D eigenvalue weighted by atomic mass is 16.5.